The van der Waals surface area contributed by atoms with Crippen LogP contribution < -0.4 is 9.47 Å². The lowest BCUT2D eigenvalue weighted by molar-refractivity contribution is -0.126. The zero-order valence-electron chi connectivity index (χ0n) is 18.1. The van der Waals surface area contributed by atoms with Crippen LogP contribution in [0.4, 0.5) is 0 Å². The summed E-state index contributed by atoms with van der Waals surface area (Å²) in [5.41, 5.74) is 4.14. The lowest BCUT2D eigenvalue weighted by Gasteiger charge is -2.29. The molecule has 1 fully saturated rings. The van der Waals surface area contributed by atoms with Gasteiger partial charge in [0, 0.05) is 12.2 Å². The fourth-order valence-electron chi connectivity index (χ4n) is 4.57. The molecule has 33 heavy (non-hydrogen) atoms. The molecule has 3 aliphatic heterocycles. The third kappa shape index (κ3) is 3.74. The molecule has 0 aliphatic carbocycles. The zero-order valence-corrected chi connectivity index (χ0v) is 18.1. The van der Waals surface area contributed by atoms with Crippen molar-refractivity contribution in [2.45, 2.75) is 19.0 Å². The van der Waals surface area contributed by atoms with Crippen molar-refractivity contribution in [3.8, 4) is 11.5 Å². The van der Waals surface area contributed by atoms with Gasteiger partial charge in [0.15, 0.2) is 11.5 Å². The topological polar surface area (TPSA) is 54.4 Å². The second-order valence-electron chi connectivity index (χ2n) is 8.38. The molecule has 1 saturated heterocycles. The van der Waals surface area contributed by atoms with Crippen molar-refractivity contribution in [3.63, 3.8) is 0 Å². The normalized spacial score (nSPS) is 20.2. The first-order valence-corrected chi connectivity index (χ1v) is 11.1. The van der Waals surface area contributed by atoms with Gasteiger partial charge < -0.3 is 14.4 Å². The maximum absolute atomic E-state index is 13.4. The maximum atomic E-state index is 13.4. The van der Waals surface area contributed by atoms with Crippen LogP contribution in [0.25, 0.3) is 6.08 Å². The van der Waals surface area contributed by atoms with Crippen molar-refractivity contribution in [2.24, 2.45) is 4.99 Å². The number of carbonyl (C=O) groups is 1. The van der Waals surface area contributed by atoms with Crippen LogP contribution in [-0.2, 0) is 11.3 Å². The molecule has 0 saturated carbocycles. The van der Waals surface area contributed by atoms with Crippen molar-refractivity contribution in [1.29, 1.82) is 0 Å². The fourth-order valence-corrected chi connectivity index (χ4v) is 4.57. The first-order valence-electron chi connectivity index (χ1n) is 11.1. The molecule has 0 spiro atoms. The Morgan fingerprint density at radius 2 is 1.70 bits per heavy atom. The summed E-state index contributed by atoms with van der Waals surface area (Å²) in [5.74, 6) is 2.30. The molecule has 6 rings (SSSR count). The van der Waals surface area contributed by atoms with E-state index in [0.29, 0.717) is 25.5 Å². The van der Waals surface area contributed by atoms with Crippen molar-refractivity contribution in [3.05, 3.63) is 101 Å². The van der Waals surface area contributed by atoms with E-state index in [-0.39, 0.29) is 18.7 Å². The molecular formula is C27H23N3O3. The third-order valence-electron chi connectivity index (χ3n) is 6.14. The minimum absolute atomic E-state index is 0.0734. The Morgan fingerprint density at radius 3 is 2.52 bits per heavy atom. The Hall–Kier alpha value is -4.06. The Balaban J connectivity index is 1.38. The number of nitrogens with zero attached hydrogens (tertiary/aromatic N) is 3. The largest absolute Gasteiger partial charge is 0.454 e. The molecule has 3 aromatic rings. The number of aliphatic imine (C=N–C) groups is 1. The summed E-state index contributed by atoms with van der Waals surface area (Å²) in [6, 6.07) is 25.9. The first kappa shape index (κ1) is 19.6. The number of hydrogen-bond donors (Lipinski definition) is 0. The number of guanidine groups is 1. The summed E-state index contributed by atoms with van der Waals surface area (Å²) in [4.78, 5) is 22.4. The standard InChI is InChI=1S/C27H23N3O3/c31-26-15-23(21-9-5-2-6-10-21)28-27-29(16-20-11-12-24-25(14-20)33-18-32-24)17-22(30(26)27)13-19-7-3-1-4-8-19/h1-14,23H,15-18H2/b22-13-/t23-/m0/s1. The van der Waals surface area contributed by atoms with Gasteiger partial charge in [-0.3, -0.25) is 9.69 Å². The van der Waals surface area contributed by atoms with Crippen LogP contribution in [0, 0.1) is 0 Å². The average Bonchev–Trinajstić information content (AvgIpc) is 3.45. The van der Waals surface area contributed by atoms with Gasteiger partial charge >= 0.3 is 0 Å². The molecule has 3 aromatic carbocycles. The fraction of sp³-hybridized carbons (Fsp3) is 0.185. The van der Waals surface area contributed by atoms with Gasteiger partial charge in [-0.1, -0.05) is 66.7 Å². The Kier molecular flexibility index (Phi) is 4.83. The average molecular weight is 437 g/mol. The van der Waals surface area contributed by atoms with Gasteiger partial charge in [-0.25, -0.2) is 4.99 Å². The van der Waals surface area contributed by atoms with Crippen molar-refractivity contribution >= 4 is 17.9 Å². The minimum Gasteiger partial charge on any atom is -0.454 e. The van der Waals surface area contributed by atoms with Gasteiger partial charge in [0.25, 0.3) is 0 Å². The lowest BCUT2D eigenvalue weighted by Crippen LogP contribution is -2.41. The highest BCUT2D eigenvalue weighted by Crippen LogP contribution is 2.36. The van der Waals surface area contributed by atoms with E-state index >= 15 is 0 Å². The van der Waals surface area contributed by atoms with Crippen LogP contribution in [0.15, 0.2) is 89.6 Å². The Morgan fingerprint density at radius 1 is 0.939 bits per heavy atom. The molecule has 164 valence electrons. The van der Waals surface area contributed by atoms with Crippen molar-refractivity contribution < 1.29 is 14.3 Å². The summed E-state index contributed by atoms with van der Waals surface area (Å²) < 4.78 is 11.0. The summed E-state index contributed by atoms with van der Waals surface area (Å²) in [6.45, 7) is 1.47. The maximum Gasteiger partial charge on any atom is 0.236 e. The molecule has 6 nitrogen and oxygen atoms in total. The molecule has 0 unspecified atom stereocenters. The molecule has 0 aromatic heterocycles. The van der Waals surface area contributed by atoms with Gasteiger partial charge in [-0.05, 0) is 34.9 Å². The molecule has 3 heterocycles. The summed E-state index contributed by atoms with van der Waals surface area (Å²) in [6.07, 6.45) is 2.44. The van der Waals surface area contributed by atoms with Crippen LogP contribution in [-0.4, -0.2) is 35.0 Å². The number of benzene rings is 3. The van der Waals surface area contributed by atoms with Crippen LogP contribution in [0.5, 0.6) is 11.5 Å². The predicted octanol–water partition coefficient (Wildman–Crippen LogP) is 4.60. The van der Waals surface area contributed by atoms with E-state index in [4.69, 9.17) is 14.5 Å². The summed E-state index contributed by atoms with van der Waals surface area (Å²) in [7, 11) is 0. The number of rotatable bonds is 4. The molecule has 1 atom stereocenters. The van der Waals surface area contributed by atoms with Crippen molar-refractivity contribution in [1.82, 2.24) is 9.80 Å². The van der Waals surface area contributed by atoms with Crippen LogP contribution in [0.3, 0.4) is 0 Å². The first-order chi connectivity index (χ1) is 16.2. The minimum atomic E-state index is -0.180. The van der Waals surface area contributed by atoms with Crippen LogP contribution in [0.2, 0.25) is 0 Å². The molecule has 0 N–H and O–H groups in total. The quantitative estimate of drug-likeness (QED) is 0.599. The van der Waals surface area contributed by atoms with E-state index < -0.39 is 0 Å². The van der Waals surface area contributed by atoms with Gasteiger partial charge in [0.05, 0.1) is 19.0 Å². The highest BCUT2D eigenvalue weighted by Gasteiger charge is 2.40. The van der Waals surface area contributed by atoms with Crippen LogP contribution >= 0.6 is 0 Å². The third-order valence-corrected chi connectivity index (χ3v) is 6.14. The smallest absolute Gasteiger partial charge is 0.236 e. The highest BCUT2D eigenvalue weighted by molar-refractivity contribution is 6.04. The monoisotopic (exact) mass is 437 g/mol. The Bertz CT molecular complexity index is 1250. The zero-order chi connectivity index (χ0) is 22.2. The van der Waals surface area contributed by atoms with Gasteiger partial charge in [-0.15, -0.1) is 0 Å². The van der Waals surface area contributed by atoms with Gasteiger partial charge in [-0.2, -0.15) is 0 Å². The second-order valence-corrected chi connectivity index (χ2v) is 8.38. The molecule has 1 amide bonds. The summed E-state index contributed by atoms with van der Waals surface area (Å²) >= 11 is 0. The number of amides is 1. The van der Waals surface area contributed by atoms with E-state index in [2.05, 4.69) is 11.0 Å². The highest BCUT2D eigenvalue weighted by atomic mass is 16.7. The van der Waals surface area contributed by atoms with Crippen LogP contribution in [0.1, 0.15) is 29.2 Å². The predicted molar refractivity (Wildman–Crippen MR) is 125 cm³/mol. The SMILES string of the molecule is O=C1C[C@@H](c2ccccc2)N=C2N(Cc3ccc4c(c3)OCO4)C/C(=C/c3ccccc3)N12. The lowest BCUT2D eigenvalue weighted by atomic mass is 10.0. The number of hydrogen-bond acceptors (Lipinski definition) is 5. The van der Waals surface area contributed by atoms with E-state index in [0.717, 1.165) is 33.9 Å². The molecule has 0 bridgehead atoms. The molecular weight excluding hydrogens is 414 g/mol. The van der Waals surface area contributed by atoms with E-state index in [9.17, 15) is 4.79 Å². The van der Waals surface area contributed by atoms with Gasteiger partial charge in [0.2, 0.25) is 18.7 Å². The number of ether oxygens (including phenoxy) is 2. The van der Waals surface area contributed by atoms with E-state index in [1.165, 1.54) is 0 Å². The van der Waals surface area contributed by atoms with E-state index in [1.54, 1.807) is 4.90 Å². The van der Waals surface area contributed by atoms with Gasteiger partial charge in [0.1, 0.15) is 0 Å². The summed E-state index contributed by atoms with van der Waals surface area (Å²) in [5, 5.41) is 0. The Labute approximate surface area is 192 Å². The number of fused-ring (bicyclic) bond motifs is 2. The van der Waals surface area contributed by atoms with E-state index in [1.807, 2.05) is 78.9 Å². The molecule has 3 aliphatic rings. The number of carbonyl (C=O) groups excluding carboxylic acids is 1. The van der Waals surface area contributed by atoms with Crippen molar-refractivity contribution in [2.75, 3.05) is 13.3 Å². The second kappa shape index (κ2) is 8.13. The molecule has 6 heteroatoms. The molecule has 0 radical (unpaired) electrons.